The number of carbonyl (C=O) groups excluding carboxylic acids is 2. The fourth-order valence-electron chi connectivity index (χ4n) is 4.87. The van der Waals surface area contributed by atoms with Gasteiger partial charge in [0.1, 0.15) is 18.4 Å². The lowest BCUT2D eigenvalue weighted by Crippen LogP contribution is -2.56. The highest BCUT2D eigenvalue weighted by Crippen LogP contribution is 2.29. The van der Waals surface area contributed by atoms with E-state index in [1.54, 1.807) is 18.2 Å². The predicted octanol–water partition coefficient (Wildman–Crippen LogP) is 6.54. The van der Waals surface area contributed by atoms with Gasteiger partial charge in [-0.15, -0.1) is 0 Å². The maximum atomic E-state index is 14.5. The zero-order valence-corrected chi connectivity index (χ0v) is 27.3. The van der Waals surface area contributed by atoms with Gasteiger partial charge >= 0.3 is 0 Å². The second-order valence-corrected chi connectivity index (χ2v) is 14.1. The summed E-state index contributed by atoms with van der Waals surface area (Å²) in [7, 11) is -4.32. The number of anilines is 1. The quantitative estimate of drug-likeness (QED) is 0.200. The van der Waals surface area contributed by atoms with Gasteiger partial charge in [-0.2, -0.15) is 0 Å². The van der Waals surface area contributed by atoms with Crippen molar-refractivity contribution in [2.45, 2.75) is 57.1 Å². The molecule has 1 N–H and O–H groups in total. The number of carbonyl (C=O) groups is 2. The molecule has 0 aliphatic carbocycles. The number of hydrogen-bond donors (Lipinski definition) is 1. The highest BCUT2D eigenvalue weighted by molar-refractivity contribution is 7.92. The maximum absolute atomic E-state index is 14.5. The summed E-state index contributed by atoms with van der Waals surface area (Å²) in [5, 5.41) is 2.71. The monoisotopic (exact) mass is 649 g/mol. The van der Waals surface area contributed by atoms with Crippen LogP contribution in [0.15, 0.2) is 108 Å². The third kappa shape index (κ3) is 8.71. The number of sulfonamides is 1. The Kier molecular flexibility index (Phi) is 10.7. The van der Waals surface area contributed by atoms with Crippen molar-refractivity contribution in [3.63, 3.8) is 0 Å². The summed E-state index contributed by atoms with van der Waals surface area (Å²) in [5.41, 5.74) is 1.94. The van der Waals surface area contributed by atoms with E-state index in [-0.39, 0.29) is 34.5 Å². The molecule has 4 aromatic rings. The molecule has 4 rings (SSSR count). The Balaban J connectivity index is 1.84. The summed E-state index contributed by atoms with van der Waals surface area (Å²) in [6.45, 7) is 6.84. The maximum Gasteiger partial charge on any atom is 0.264 e. The fraction of sp³-hybridized carbons (Fsp3) is 0.257. The van der Waals surface area contributed by atoms with Crippen LogP contribution >= 0.6 is 11.6 Å². The lowest BCUT2D eigenvalue weighted by atomic mass is 10.00. The van der Waals surface area contributed by atoms with E-state index in [4.69, 9.17) is 11.6 Å². The number of halogens is 2. The van der Waals surface area contributed by atoms with Crippen LogP contribution in [0.1, 0.15) is 37.5 Å². The number of amides is 2. The summed E-state index contributed by atoms with van der Waals surface area (Å²) in [6, 6.07) is 27.0. The second-order valence-electron chi connectivity index (χ2n) is 11.8. The SMILES string of the molecule is Cc1ccccc1CN(C(=O)CN(c1ccc(F)c(Cl)c1)S(=O)(=O)c1ccccc1)[C@H](Cc1ccccc1)C(=O)NC(C)(C)C. The lowest BCUT2D eigenvalue weighted by Gasteiger charge is -2.35. The Morgan fingerprint density at radius 3 is 2.09 bits per heavy atom. The Bertz CT molecular complexity index is 1750. The average molecular weight is 650 g/mol. The molecule has 0 spiro atoms. The van der Waals surface area contributed by atoms with Crippen molar-refractivity contribution in [2.75, 3.05) is 10.8 Å². The standard InChI is InChI=1S/C35H37ClFN3O4S/c1-25-13-11-12-16-27(25)23-39(32(34(42)38-35(2,3)4)21-26-14-7-5-8-15-26)33(41)24-40(28-19-20-31(37)30(36)22-28)45(43,44)29-17-9-6-10-18-29/h5-20,22,32H,21,23-24H2,1-4H3,(H,38,42)/t32-/m1/s1. The molecule has 0 unspecified atom stereocenters. The van der Waals surface area contributed by atoms with Gasteiger partial charge in [0.25, 0.3) is 10.0 Å². The van der Waals surface area contributed by atoms with E-state index in [1.807, 2.05) is 82.3 Å². The molecule has 10 heteroatoms. The van der Waals surface area contributed by atoms with Crippen LogP contribution in [0.25, 0.3) is 0 Å². The Labute approximate surface area is 269 Å². The normalized spacial score (nSPS) is 12.3. The van der Waals surface area contributed by atoms with Crippen LogP contribution in [0.2, 0.25) is 5.02 Å². The average Bonchev–Trinajstić information content (AvgIpc) is 3.00. The van der Waals surface area contributed by atoms with Gasteiger partial charge in [0.05, 0.1) is 15.6 Å². The summed E-state index contributed by atoms with van der Waals surface area (Å²) >= 11 is 6.08. The van der Waals surface area contributed by atoms with Crippen LogP contribution in [0.5, 0.6) is 0 Å². The van der Waals surface area contributed by atoms with Gasteiger partial charge in [-0.25, -0.2) is 12.8 Å². The first-order valence-corrected chi connectivity index (χ1v) is 16.3. The van der Waals surface area contributed by atoms with Gasteiger partial charge in [0.15, 0.2) is 0 Å². The summed E-state index contributed by atoms with van der Waals surface area (Å²) in [6.07, 6.45) is 0.189. The largest absolute Gasteiger partial charge is 0.350 e. The van der Waals surface area contributed by atoms with Crippen molar-refractivity contribution >= 4 is 39.1 Å². The molecule has 0 aromatic heterocycles. The smallest absolute Gasteiger partial charge is 0.264 e. The van der Waals surface area contributed by atoms with E-state index in [1.165, 1.54) is 29.2 Å². The molecule has 4 aromatic carbocycles. The van der Waals surface area contributed by atoms with Gasteiger partial charge in [0.2, 0.25) is 11.8 Å². The van der Waals surface area contributed by atoms with E-state index < -0.39 is 39.9 Å². The molecule has 0 fully saturated rings. The molecule has 1 atom stereocenters. The van der Waals surface area contributed by atoms with Gasteiger partial charge < -0.3 is 10.2 Å². The summed E-state index contributed by atoms with van der Waals surface area (Å²) < 4.78 is 43.1. The molecule has 0 saturated carbocycles. The first kappa shape index (κ1) is 33.7. The van der Waals surface area contributed by atoms with Crippen LogP contribution in [-0.4, -0.2) is 43.3 Å². The highest BCUT2D eigenvalue weighted by atomic mass is 35.5. The molecule has 7 nitrogen and oxygen atoms in total. The zero-order chi connectivity index (χ0) is 32.8. The number of benzene rings is 4. The molecule has 236 valence electrons. The van der Waals surface area contributed by atoms with Crippen molar-refractivity contribution in [1.82, 2.24) is 10.2 Å². The van der Waals surface area contributed by atoms with Crippen LogP contribution < -0.4 is 9.62 Å². The Morgan fingerprint density at radius 2 is 1.49 bits per heavy atom. The van der Waals surface area contributed by atoms with Crippen molar-refractivity contribution in [3.8, 4) is 0 Å². The van der Waals surface area contributed by atoms with E-state index in [9.17, 15) is 22.4 Å². The minimum absolute atomic E-state index is 0.00759. The minimum Gasteiger partial charge on any atom is -0.350 e. The number of aryl methyl sites for hydroxylation is 1. The Morgan fingerprint density at radius 1 is 0.889 bits per heavy atom. The van der Waals surface area contributed by atoms with Crippen molar-refractivity contribution < 1.29 is 22.4 Å². The van der Waals surface area contributed by atoms with Gasteiger partial charge in [-0.3, -0.25) is 13.9 Å². The fourth-order valence-corrected chi connectivity index (χ4v) is 6.47. The van der Waals surface area contributed by atoms with Crippen molar-refractivity contribution in [1.29, 1.82) is 0 Å². The zero-order valence-electron chi connectivity index (χ0n) is 25.7. The minimum atomic E-state index is -4.32. The van der Waals surface area contributed by atoms with Crippen LogP contribution in [0.4, 0.5) is 10.1 Å². The number of hydrogen-bond acceptors (Lipinski definition) is 4. The number of nitrogens with one attached hydrogen (secondary N) is 1. The highest BCUT2D eigenvalue weighted by Gasteiger charge is 2.36. The number of nitrogens with zero attached hydrogens (tertiary/aromatic N) is 2. The molecule has 0 radical (unpaired) electrons. The van der Waals surface area contributed by atoms with Gasteiger partial charge in [0, 0.05) is 18.5 Å². The lowest BCUT2D eigenvalue weighted by molar-refractivity contribution is -0.140. The predicted molar refractivity (Wildman–Crippen MR) is 176 cm³/mol. The molecule has 0 aliphatic rings. The van der Waals surface area contributed by atoms with Crippen LogP contribution in [0.3, 0.4) is 0 Å². The second kappa shape index (κ2) is 14.3. The topological polar surface area (TPSA) is 86.8 Å². The third-order valence-corrected chi connectivity index (χ3v) is 9.25. The van der Waals surface area contributed by atoms with Crippen LogP contribution in [0, 0.1) is 12.7 Å². The van der Waals surface area contributed by atoms with E-state index >= 15 is 0 Å². The first-order valence-electron chi connectivity index (χ1n) is 14.5. The Hall–Kier alpha value is -4.21. The van der Waals surface area contributed by atoms with E-state index in [2.05, 4.69) is 5.32 Å². The molecular formula is C35H37ClFN3O4S. The van der Waals surface area contributed by atoms with Crippen molar-refractivity contribution in [2.24, 2.45) is 0 Å². The van der Waals surface area contributed by atoms with Gasteiger partial charge in [-0.05, 0) is 74.7 Å². The first-order chi connectivity index (χ1) is 21.3. The molecular weight excluding hydrogens is 613 g/mol. The van der Waals surface area contributed by atoms with Crippen LogP contribution in [-0.2, 0) is 32.6 Å². The summed E-state index contributed by atoms with van der Waals surface area (Å²) in [4.78, 5) is 29.8. The molecule has 0 aliphatic heterocycles. The van der Waals surface area contributed by atoms with E-state index in [0.29, 0.717) is 0 Å². The molecule has 0 bridgehead atoms. The molecule has 0 heterocycles. The number of rotatable bonds is 11. The van der Waals surface area contributed by atoms with E-state index in [0.717, 1.165) is 27.1 Å². The summed E-state index contributed by atoms with van der Waals surface area (Å²) in [5.74, 6) is -1.73. The van der Waals surface area contributed by atoms with Crippen molar-refractivity contribution in [3.05, 3.63) is 131 Å². The molecule has 0 saturated heterocycles. The van der Waals surface area contributed by atoms with Gasteiger partial charge in [-0.1, -0.05) is 84.4 Å². The third-order valence-electron chi connectivity index (χ3n) is 7.17. The molecule has 45 heavy (non-hydrogen) atoms. The molecule has 2 amide bonds.